The molecule has 0 saturated carbocycles. The maximum atomic E-state index is 12.8. The molecule has 0 bridgehead atoms. The molecule has 21 heavy (non-hydrogen) atoms. The Kier molecular flexibility index (Phi) is 4.02. The second-order valence-corrected chi connectivity index (χ2v) is 5.44. The molecule has 0 aromatic heterocycles. The fourth-order valence-electron chi connectivity index (χ4n) is 2.43. The van der Waals surface area contributed by atoms with Gasteiger partial charge in [-0.05, 0) is 24.1 Å². The van der Waals surface area contributed by atoms with Crippen molar-refractivity contribution < 1.29 is 9.53 Å². The van der Waals surface area contributed by atoms with E-state index in [4.69, 9.17) is 4.74 Å². The first-order valence-corrected chi connectivity index (χ1v) is 7.24. The van der Waals surface area contributed by atoms with Gasteiger partial charge in [-0.1, -0.05) is 48.5 Å². The van der Waals surface area contributed by atoms with Gasteiger partial charge in [-0.3, -0.25) is 4.79 Å². The smallest absolute Gasteiger partial charge is 0.254 e. The van der Waals surface area contributed by atoms with E-state index in [9.17, 15) is 4.79 Å². The highest BCUT2D eigenvalue weighted by Crippen LogP contribution is 2.18. The van der Waals surface area contributed by atoms with Crippen LogP contribution in [0, 0.1) is 6.92 Å². The standard InChI is InChI=1S/C18H19NO2/c1-14-7-5-6-10-17(14)18(20)19(12-16-13-21-16)11-15-8-3-2-4-9-15/h2-10,16H,11-13H2,1H3. The minimum absolute atomic E-state index is 0.0763. The van der Waals surface area contributed by atoms with Gasteiger partial charge in [0.05, 0.1) is 12.7 Å². The zero-order valence-corrected chi connectivity index (χ0v) is 12.2. The number of carbonyl (C=O) groups is 1. The van der Waals surface area contributed by atoms with Crippen molar-refractivity contribution in [3.63, 3.8) is 0 Å². The van der Waals surface area contributed by atoms with Crippen molar-refractivity contribution in [1.82, 2.24) is 4.90 Å². The molecule has 1 atom stereocenters. The molecular formula is C18H19NO2. The molecule has 108 valence electrons. The first-order chi connectivity index (χ1) is 10.2. The molecule has 0 spiro atoms. The van der Waals surface area contributed by atoms with E-state index < -0.39 is 0 Å². The second kappa shape index (κ2) is 6.10. The number of benzene rings is 2. The summed E-state index contributed by atoms with van der Waals surface area (Å²) in [4.78, 5) is 14.7. The molecular weight excluding hydrogens is 262 g/mol. The summed E-state index contributed by atoms with van der Waals surface area (Å²) in [6.45, 7) is 4.00. The first kappa shape index (κ1) is 13.8. The second-order valence-electron chi connectivity index (χ2n) is 5.44. The Morgan fingerprint density at radius 3 is 2.48 bits per heavy atom. The van der Waals surface area contributed by atoms with Gasteiger partial charge in [0.25, 0.3) is 5.91 Å². The van der Waals surface area contributed by atoms with E-state index in [1.165, 1.54) is 0 Å². The summed E-state index contributed by atoms with van der Waals surface area (Å²) in [5.41, 5.74) is 2.92. The Labute approximate surface area is 125 Å². The van der Waals surface area contributed by atoms with Crippen LogP contribution in [0.2, 0.25) is 0 Å². The molecule has 1 heterocycles. The minimum Gasteiger partial charge on any atom is -0.371 e. The lowest BCUT2D eigenvalue weighted by Crippen LogP contribution is -2.34. The average molecular weight is 281 g/mol. The summed E-state index contributed by atoms with van der Waals surface area (Å²) >= 11 is 0. The molecule has 0 radical (unpaired) electrons. The SMILES string of the molecule is Cc1ccccc1C(=O)N(Cc1ccccc1)CC1CO1. The van der Waals surface area contributed by atoms with Crippen molar-refractivity contribution in [2.24, 2.45) is 0 Å². The molecule has 1 aliphatic rings. The van der Waals surface area contributed by atoms with Crippen molar-refractivity contribution >= 4 is 5.91 Å². The van der Waals surface area contributed by atoms with Crippen LogP contribution in [0.15, 0.2) is 54.6 Å². The number of ether oxygens (including phenoxy) is 1. The van der Waals surface area contributed by atoms with E-state index in [0.717, 1.165) is 23.3 Å². The molecule has 0 aliphatic carbocycles. The molecule has 1 amide bonds. The van der Waals surface area contributed by atoms with Gasteiger partial charge in [-0.2, -0.15) is 0 Å². The summed E-state index contributed by atoms with van der Waals surface area (Å²) in [6, 6.07) is 17.8. The molecule has 1 aliphatic heterocycles. The first-order valence-electron chi connectivity index (χ1n) is 7.24. The average Bonchev–Trinajstić information content (AvgIpc) is 3.31. The van der Waals surface area contributed by atoms with Gasteiger partial charge in [0.15, 0.2) is 0 Å². The maximum absolute atomic E-state index is 12.8. The molecule has 3 heteroatoms. The van der Waals surface area contributed by atoms with Crippen molar-refractivity contribution in [3.8, 4) is 0 Å². The van der Waals surface area contributed by atoms with Crippen LogP contribution in [-0.4, -0.2) is 30.1 Å². The Hall–Kier alpha value is -2.13. The topological polar surface area (TPSA) is 32.8 Å². The zero-order valence-electron chi connectivity index (χ0n) is 12.2. The van der Waals surface area contributed by atoms with Crippen molar-refractivity contribution in [2.75, 3.05) is 13.2 Å². The number of rotatable bonds is 5. The number of hydrogen-bond donors (Lipinski definition) is 0. The summed E-state index contributed by atoms with van der Waals surface area (Å²) in [5.74, 6) is 0.0763. The summed E-state index contributed by atoms with van der Waals surface area (Å²) in [5, 5.41) is 0. The Morgan fingerprint density at radius 2 is 1.81 bits per heavy atom. The lowest BCUT2D eigenvalue weighted by Gasteiger charge is -2.23. The number of epoxide rings is 1. The zero-order chi connectivity index (χ0) is 14.7. The van der Waals surface area contributed by atoms with Crippen LogP contribution in [-0.2, 0) is 11.3 Å². The van der Waals surface area contributed by atoms with Gasteiger partial charge in [-0.15, -0.1) is 0 Å². The third-order valence-corrected chi connectivity index (χ3v) is 3.71. The monoisotopic (exact) mass is 281 g/mol. The van der Waals surface area contributed by atoms with E-state index in [2.05, 4.69) is 0 Å². The van der Waals surface area contributed by atoms with Crippen LogP contribution in [0.5, 0.6) is 0 Å². The van der Waals surface area contributed by atoms with Crippen LogP contribution in [0.1, 0.15) is 21.5 Å². The number of nitrogens with zero attached hydrogens (tertiary/aromatic N) is 1. The Balaban J connectivity index is 1.81. The van der Waals surface area contributed by atoms with Gasteiger partial charge >= 0.3 is 0 Å². The van der Waals surface area contributed by atoms with Crippen molar-refractivity contribution in [2.45, 2.75) is 19.6 Å². The highest BCUT2D eigenvalue weighted by molar-refractivity contribution is 5.95. The third-order valence-electron chi connectivity index (χ3n) is 3.71. The molecule has 3 rings (SSSR count). The fraction of sp³-hybridized carbons (Fsp3) is 0.278. The summed E-state index contributed by atoms with van der Waals surface area (Å²) < 4.78 is 5.30. The van der Waals surface area contributed by atoms with Gasteiger partial charge in [-0.25, -0.2) is 0 Å². The molecule has 1 saturated heterocycles. The van der Waals surface area contributed by atoms with Gasteiger partial charge in [0, 0.05) is 18.7 Å². The predicted molar refractivity (Wildman–Crippen MR) is 82.1 cm³/mol. The summed E-state index contributed by atoms with van der Waals surface area (Å²) in [6.07, 6.45) is 0.196. The van der Waals surface area contributed by atoms with Crippen LogP contribution >= 0.6 is 0 Å². The number of carbonyl (C=O) groups excluding carboxylic acids is 1. The highest BCUT2D eigenvalue weighted by Gasteiger charge is 2.28. The van der Waals surface area contributed by atoms with Crippen LogP contribution in [0.25, 0.3) is 0 Å². The van der Waals surface area contributed by atoms with Crippen LogP contribution in [0.4, 0.5) is 0 Å². The normalized spacial score (nSPS) is 16.5. The van der Waals surface area contributed by atoms with E-state index in [1.807, 2.05) is 66.4 Å². The lowest BCUT2D eigenvalue weighted by molar-refractivity contribution is 0.0729. The van der Waals surface area contributed by atoms with Gasteiger partial charge in [0.2, 0.25) is 0 Å². The number of amides is 1. The van der Waals surface area contributed by atoms with Gasteiger partial charge < -0.3 is 9.64 Å². The number of aryl methyl sites for hydroxylation is 1. The number of hydrogen-bond acceptors (Lipinski definition) is 2. The summed E-state index contributed by atoms with van der Waals surface area (Å²) in [7, 11) is 0. The van der Waals surface area contributed by atoms with Crippen LogP contribution in [0.3, 0.4) is 0 Å². The third kappa shape index (κ3) is 3.50. The van der Waals surface area contributed by atoms with Crippen molar-refractivity contribution in [3.05, 3.63) is 71.3 Å². The van der Waals surface area contributed by atoms with Crippen LogP contribution < -0.4 is 0 Å². The highest BCUT2D eigenvalue weighted by atomic mass is 16.6. The predicted octanol–water partition coefficient (Wildman–Crippen LogP) is 3.04. The van der Waals surface area contributed by atoms with Crippen molar-refractivity contribution in [1.29, 1.82) is 0 Å². The molecule has 1 unspecified atom stereocenters. The van der Waals surface area contributed by atoms with E-state index in [1.54, 1.807) is 0 Å². The molecule has 1 fully saturated rings. The largest absolute Gasteiger partial charge is 0.371 e. The minimum atomic E-state index is 0.0763. The lowest BCUT2D eigenvalue weighted by atomic mass is 10.1. The van der Waals surface area contributed by atoms with E-state index in [0.29, 0.717) is 13.1 Å². The van der Waals surface area contributed by atoms with Gasteiger partial charge in [0.1, 0.15) is 0 Å². The fourth-order valence-corrected chi connectivity index (χ4v) is 2.43. The molecule has 2 aromatic carbocycles. The Bertz CT molecular complexity index is 620. The molecule has 0 N–H and O–H groups in total. The molecule has 2 aromatic rings. The molecule has 3 nitrogen and oxygen atoms in total. The Morgan fingerprint density at radius 1 is 1.14 bits per heavy atom. The quantitative estimate of drug-likeness (QED) is 0.789. The van der Waals surface area contributed by atoms with E-state index in [-0.39, 0.29) is 12.0 Å². The van der Waals surface area contributed by atoms with E-state index >= 15 is 0 Å². The maximum Gasteiger partial charge on any atom is 0.254 e.